The molecule has 1 aliphatic heterocycles. The third-order valence-corrected chi connectivity index (χ3v) is 6.63. The zero-order valence-electron chi connectivity index (χ0n) is 15.6. The summed E-state index contributed by atoms with van der Waals surface area (Å²) in [6.07, 6.45) is -0.145. The first-order valence-electron chi connectivity index (χ1n) is 7.40. The van der Waals surface area contributed by atoms with Gasteiger partial charge in [-0.25, -0.2) is 8.42 Å². The summed E-state index contributed by atoms with van der Waals surface area (Å²) in [5.41, 5.74) is 0.318. The number of hydrogen-bond acceptors (Lipinski definition) is 4. The van der Waals surface area contributed by atoms with E-state index in [1.165, 1.54) is 30.3 Å². The Balaban J connectivity index is 0.00000261. The number of aliphatic hydroxyl groups is 1. The van der Waals surface area contributed by atoms with Crippen LogP contribution in [0.15, 0.2) is 46.9 Å². The summed E-state index contributed by atoms with van der Waals surface area (Å²) in [5, 5.41) is 14.0. The van der Waals surface area contributed by atoms with Crippen LogP contribution in [0.25, 0.3) is 5.76 Å². The first-order valence-corrected chi connectivity index (χ1v) is 10.2. The fourth-order valence-electron chi connectivity index (χ4n) is 2.59. The molecule has 0 aliphatic carbocycles. The minimum atomic E-state index is -3.66. The first-order chi connectivity index (χ1) is 12.2. The largest absolute Gasteiger partial charge is 1.00 e. The Morgan fingerprint density at radius 1 is 1.07 bits per heavy atom. The van der Waals surface area contributed by atoms with Gasteiger partial charge < -0.3 is 17.3 Å². The van der Waals surface area contributed by atoms with Crippen molar-refractivity contribution in [2.24, 2.45) is 0 Å². The number of hydrogen-bond donors (Lipinski definition) is 2. The van der Waals surface area contributed by atoms with Crippen LogP contribution in [0.4, 0.5) is 5.69 Å². The normalized spacial score (nSPS) is 14.8. The summed E-state index contributed by atoms with van der Waals surface area (Å²) in [5.74, 6) is -1.36. The van der Waals surface area contributed by atoms with Crippen molar-refractivity contribution in [3.63, 3.8) is 0 Å². The molecule has 0 aromatic heterocycles. The van der Waals surface area contributed by atoms with Gasteiger partial charge >= 0.3 is 29.6 Å². The average Bonchev–Trinajstić information content (AvgIpc) is 2.66. The Morgan fingerprint density at radius 3 is 2.39 bits per heavy atom. The van der Waals surface area contributed by atoms with Gasteiger partial charge in [-0.05, 0) is 42.8 Å². The Morgan fingerprint density at radius 2 is 1.75 bits per heavy atom. The summed E-state index contributed by atoms with van der Waals surface area (Å²) < 4.78 is 24.8. The number of halogens is 3. The van der Waals surface area contributed by atoms with Crippen LogP contribution in [0.2, 0.25) is 15.1 Å². The molecule has 0 unspecified atom stereocenters. The van der Waals surface area contributed by atoms with Gasteiger partial charge in [0.05, 0.1) is 26.3 Å². The van der Waals surface area contributed by atoms with E-state index in [1.807, 2.05) is 0 Å². The number of carbonyl (C=O) groups is 1. The van der Waals surface area contributed by atoms with E-state index in [4.69, 9.17) is 34.8 Å². The van der Waals surface area contributed by atoms with Crippen LogP contribution in [0.1, 0.15) is 13.4 Å². The maximum absolute atomic E-state index is 12.6. The molecule has 4 N–H and O–H groups in total. The molecular weight excluding hydrogens is 460 g/mol. The van der Waals surface area contributed by atoms with E-state index < -0.39 is 21.5 Å². The van der Waals surface area contributed by atoms with Crippen molar-refractivity contribution in [1.29, 1.82) is 0 Å². The molecule has 3 rings (SSSR count). The zero-order valence-corrected chi connectivity index (χ0v) is 19.7. The molecule has 0 saturated carbocycles. The van der Waals surface area contributed by atoms with Crippen molar-refractivity contribution in [2.75, 3.05) is 11.1 Å². The molecule has 2 aromatic carbocycles. The predicted molar refractivity (Wildman–Crippen MR) is 107 cm³/mol. The Kier molecular flexibility index (Phi) is 8.86. The number of aliphatic hydroxyl groups excluding tert-OH is 1. The number of amides is 1. The summed E-state index contributed by atoms with van der Waals surface area (Å²) in [6.45, 7) is 0. The molecule has 1 heterocycles. The SMILES string of the molecule is O.O=C(Nc1ccc(Cl)c(Cl)c1)C1=C(O)c2cc(Cl)ccc2S(=O)(=O)CC1.[H-].[Na+]. The molecule has 0 fully saturated rings. The number of anilines is 1. The van der Waals surface area contributed by atoms with Crippen LogP contribution >= 0.6 is 34.8 Å². The van der Waals surface area contributed by atoms with Crippen LogP contribution in [-0.4, -0.2) is 30.7 Å². The second-order valence-electron chi connectivity index (χ2n) is 5.62. The van der Waals surface area contributed by atoms with Gasteiger partial charge in [-0.3, -0.25) is 4.79 Å². The average molecular weight is 475 g/mol. The molecule has 6 nitrogen and oxygen atoms in total. The standard InChI is InChI=1S/C17H12Cl3NO4S.Na.H2O.H/c18-9-1-4-15-12(7-9)16(22)11(5-6-26(15,24)25)17(23)21-10-2-3-13(19)14(20)8-10;;;/h1-4,7-8,22H,5-6H2,(H,21,23);;1H2;/q;+1;;-1. The Labute approximate surface area is 200 Å². The number of benzene rings is 2. The van der Waals surface area contributed by atoms with Crippen LogP contribution in [0, 0.1) is 0 Å². The van der Waals surface area contributed by atoms with E-state index in [-0.39, 0.29) is 74.7 Å². The van der Waals surface area contributed by atoms with Crippen LogP contribution in [-0.2, 0) is 14.6 Å². The smallest absolute Gasteiger partial charge is 1.00 e. The van der Waals surface area contributed by atoms with E-state index in [1.54, 1.807) is 6.07 Å². The van der Waals surface area contributed by atoms with Gasteiger partial charge in [-0.1, -0.05) is 34.8 Å². The number of fused-ring (bicyclic) bond motifs is 1. The third kappa shape index (κ3) is 5.23. The maximum Gasteiger partial charge on any atom is 1.00 e. The topological polar surface area (TPSA) is 115 Å². The van der Waals surface area contributed by atoms with E-state index in [0.29, 0.717) is 10.7 Å². The number of carbonyl (C=O) groups excluding carboxylic acids is 1. The fourth-order valence-corrected chi connectivity index (χ4v) is 4.52. The quantitative estimate of drug-likeness (QED) is 0.632. The molecule has 0 spiro atoms. The Hall–Kier alpha value is -0.770. The molecule has 28 heavy (non-hydrogen) atoms. The molecule has 11 heteroatoms. The third-order valence-electron chi connectivity index (χ3n) is 3.89. The molecule has 1 aliphatic rings. The maximum atomic E-state index is 12.6. The number of sulfone groups is 1. The van der Waals surface area contributed by atoms with Gasteiger partial charge in [0.15, 0.2) is 9.84 Å². The second-order valence-corrected chi connectivity index (χ2v) is 8.95. The second kappa shape index (κ2) is 9.82. The van der Waals surface area contributed by atoms with Crippen molar-refractivity contribution in [3.05, 3.63) is 62.6 Å². The van der Waals surface area contributed by atoms with Crippen LogP contribution < -0.4 is 34.9 Å². The van der Waals surface area contributed by atoms with Crippen molar-refractivity contribution >= 4 is 62.0 Å². The van der Waals surface area contributed by atoms with Gasteiger partial charge in [0.2, 0.25) is 0 Å². The van der Waals surface area contributed by atoms with E-state index in [9.17, 15) is 18.3 Å². The van der Waals surface area contributed by atoms with Gasteiger partial charge in [0.1, 0.15) is 5.76 Å². The molecule has 1 amide bonds. The summed E-state index contributed by atoms with van der Waals surface area (Å²) in [4.78, 5) is 12.5. The number of rotatable bonds is 2. The minimum Gasteiger partial charge on any atom is -1.00 e. The first kappa shape index (κ1) is 25.3. The van der Waals surface area contributed by atoms with Crippen molar-refractivity contribution in [3.8, 4) is 0 Å². The molecule has 146 valence electrons. The number of nitrogens with one attached hydrogen (secondary N) is 1. The fraction of sp³-hybridized carbons (Fsp3) is 0.118. The van der Waals surface area contributed by atoms with E-state index >= 15 is 0 Å². The van der Waals surface area contributed by atoms with Gasteiger partial charge in [0.25, 0.3) is 5.91 Å². The van der Waals surface area contributed by atoms with Crippen LogP contribution in [0.3, 0.4) is 0 Å². The van der Waals surface area contributed by atoms with Crippen molar-refractivity contribution in [2.45, 2.75) is 11.3 Å². The molecule has 0 radical (unpaired) electrons. The summed E-state index contributed by atoms with van der Waals surface area (Å²) in [7, 11) is -3.66. The van der Waals surface area contributed by atoms with Gasteiger partial charge in [-0.15, -0.1) is 0 Å². The van der Waals surface area contributed by atoms with E-state index in [0.717, 1.165) is 0 Å². The van der Waals surface area contributed by atoms with E-state index in [2.05, 4.69) is 5.32 Å². The zero-order chi connectivity index (χ0) is 19.1. The molecule has 2 aromatic rings. The summed E-state index contributed by atoms with van der Waals surface area (Å²) >= 11 is 17.7. The van der Waals surface area contributed by atoms with Gasteiger partial charge in [0, 0.05) is 16.3 Å². The van der Waals surface area contributed by atoms with Crippen molar-refractivity contribution in [1.82, 2.24) is 0 Å². The predicted octanol–water partition coefficient (Wildman–Crippen LogP) is 1.02. The van der Waals surface area contributed by atoms with Crippen molar-refractivity contribution < 1.29 is 54.8 Å². The molecule has 0 atom stereocenters. The molecule has 0 bridgehead atoms. The molecular formula is C17H15Cl3NNaO5S. The Bertz CT molecular complexity index is 1060. The minimum absolute atomic E-state index is 0. The van der Waals surface area contributed by atoms with Crippen LogP contribution in [0.5, 0.6) is 0 Å². The molecule has 0 saturated heterocycles. The van der Waals surface area contributed by atoms with Gasteiger partial charge in [-0.2, -0.15) is 0 Å². The summed E-state index contributed by atoms with van der Waals surface area (Å²) in [6, 6.07) is 8.58. The monoisotopic (exact) mass is 473 g/mol.